The number of carbonyl (C=O) groups is 1. The highest BCUT2D eigenvalue weighted by Crippen LogP contribution is 2.25. The van der Waals surface area contributed by atoms with Gasteiger partial charge in [0.15, 0.2) is 16.0 Å². The third kappa shape index (κ3) is 4.99. The first kappa shape index (κ1) is 18.3. The number of carbonyl (C=O) groups excluding carboxylic acids is 1. The van der Waals surface area contributed by atoms with E-state index in [2.05, 4.69) is 27.1 Å². The number of rotatable bonds is 8. The molecule has 9 heteroatoms. The van der Waals surface area contributed by atoms with Crippen LogP contribution in [0, 0.1) is 5.82 Å². The van der Waals surface area contributed by atoms with Crippen LogP contribution in [0.25, 0.3) is 11.3 Å². The van der Waals surface area contributed by atoms with Gasteiger partial charge in [-0.15, -0.1) is 16.8 Å². The predicted molar refractivity (Wildman–Crippen MR) is 99.7 cm³/mol. The molecule has 0 aliphatic heterocycles. The van der Waals surface area contributed by atoms with Crippen LogP contribution in [0.15, 0.2) is 51.9 Å². The van der Waals surface area contributed by atoms with Crippen LogP contribution in [0.4, 0.5) is 9.52 Å². The number of amides is 1. The fourth-order valence-corrected chi connectivity index (χ4v) is 3.55. The van der Waals surface area contributed by atoms with Crippen molar-refractivity contribution in [1.29, 1.82) is 0 Å². The van der Waals surface area contributed by atoms with Crippen molar-refractivity contribution in [3.05, 3.63) is 54.8 Å². The summed E-state index contributed by atoms with van der Waals surface area (Å²) in [6.45, 7) is 3.64. The maximum atomic E-state index is 13.0. The molecular weight excluding hydrogens is 375 g/mol. The summed E-state index contributed by atoms with van der Waals surface area (Å²) in [5.74, 6) is 1.21. The molecule has 2 aromatic heterocycles. The summed E-state index contributed by atoms with van der Waals surface area (Å²) in [6.07, 6.45) is 3.90. The Hall–Kier alpha value is -2.52. The van der Waals surface area contributed by atoms with Gasteiger partial charge in [0.1, 0.15) is 5.82 Å². The van der Waals surface area contributed by atoms with Gasteiger partial charge in [-0.1, -0.05) is 29.2 Å². The molecule has 1 amide bonds. The first-order valence-electron chi connectivity index (χ1n) is 7.72. The van der Waals surface area contributed by atoms with Crippen molar-refractivity contribution in [3.8, 4) is 11.3 Å². The topological polar surface area (TPSA) is 80.9 Å². The van der Waals surface area contributed by atoms with Crippen LogP contribution in [-0.2, 0) is 11.2 Å². The van der Waals surface area contributed by atoms with Crippen molar-refractivity contribution in [1.82, 2.24) is 15.2 Å². The number of nitrogens with zero attached hydrogens (tertiary/aromatic N) is 3. The fraction of sp³-hybridized carbons (Fsp3) is 0.176. The summed E-state index contributed by atoms with van der Waals surface area (Å²) in [6, 6.07) is 5.94. The number of aryl methyl sites for hydroxylation is 1. The monoisotopic (exact) mass is 390 g/mol. The number of nitrogens with one attached hydrogen (secondary N) is 1. The summed E-state index contributed by atoms with van der Waals surface area (Å²) < 4.78 is 19.3. The molecule has 2 heterocycles. The van der Waals surface area contributed by atoms with E-state index in [4.69, 9.17) is 4.42 Å². The first-order valence-corrected chi connectivity index (χ1v) is 9.52. The largest absolute Gasteiger partial charge is 0.441 e. The highest BCUT2D eigenvalue weighted by atomic mass is 32.2. The maximum Gasteiger partial charge on any atom is 0.226 e. The zero-order valence-corrected chi connectivity index (χ0v) is 15.3. The Morgan fingerprint density at radius 1 is 1.35 bits per heavy atom. The van der Waals surface area contributed by atoms with Gasteiger partial charge in [-0.2, -0.15) is 0 Å². The van der Waals surface area contributed by atoms with Crippen LogP contribution >= 0.6 is 23.1 Å². The normalized spacial score (nSPS) is 10.7. The lowest BCUT2D eigenvalue weighted by Crippen LogP contribution is -2.12. The summed E-state index contributed by atoms with van der Waals surface area (Å²) in [7, 11) is 0. The average Bonchev–Trinajstić information content (AvgIpc) is 3.28. The van der Waals surface area contributed by atoms with Crippen LogP contribution in [0.2, 0.25) is 0 Å². The second-order valence-electron chi connectivity index (χ2n) is 5.15. The maximum absolute atomic E-state index is 13.0. The zero-order valence-electron chi connectivity index (χ0n) is 13.6. The molecule has 0 fully saturated rings. The molecule has 1 N–H and O–H groups in total. The Labute approximate surface area is 157 Å². The number of anilines is 1. The van der Waals surface area contributed by atoms with Crippen LogP contribution < -0.4 is 5.32 Å². The van der Waals surface area contributed by atoms with Gasteiger partial charge in [-0.25, -0.2) is 9.37 Å². The number of aromatic nitrogens is 3. The minimum Gasteiger partial charge on any atom is -0.441 e. The number of oxazole rings is 1. The Bertz CT molecular complexity index is 892. The van der Waals surface area contributed by atoms with Crippen molar-refractivity contribution in [2.45, 2.75) is 17.2 Å². The molecule has 0 saturated heterocycles. The van der Waals surface area contributed by atoms with E-state index in [0.717, 1.165) is 15.7 Å². The summed E-state index contributed by atoms with van der Waals surface area (Å²) in [5, 5.41) is 11.1. The number of thioether (sulfide) groups is 1. The molecule has 0 spiro atoms. The average molecular weight is 390 g/mol. The number of halogens is 1. The van der Waals surface area contributed by atoms with E-state index < -0.39 is 0 Å². The standard InChI is InChI=1S/C17H15FN4O2S2/c1-2-9-25-17-22-21-16(26-17)20-14(23)7-8-15-19-10-13(24-15)11-3-5-12(18)6-4-11/h2-6,10H,1,7-9H2,(H,20,21,23). The minimum absolute atomic E-state index is 0.192. The molecule has 0 bridgehead atoms. The van der Waals surface area contributed by atoms with Crippen molar-refractivity contribution < 1.29 is 13.6 Å². The van der Waals surface area contributed by atoms with Gasteiger partial charge in [-0.3, -0.25) is 4.79 Å². The highest BCUT2D eigenvalue weighted by Gasteiger charge is 2.11. The fourth-order valence-electron chi connectivity index (χ4n) is 2.02. The smallest absolute Gasteiger partial charge is 0.226 e. The lowest BCUT2D eigenvalue weighted by molar-refractivity contribution is -0.116. The van der Waals surface area contributed by atoms with Gasteiger partial charge in [0, 0.05) is 24.2 Å². The van der Waals surface area contributed by atoms with Gasteiger partial charge in [0.05, 0.1) is 6.20 Å². The molecule has 6 nitrogen and oxygen atoms in total. The molecule has 26 heavy (non-hydrogen) atoms. The van der Waals surface area contributed by atoms with E-state index in [-0.39, 0.29) is 18.1 Å². The molecule has 0 unspecified atom stereocenters. The van der Waals surface area contributed by atoms with E-state index in [9.17, 15) is 9.18 Å². The number of hydrogen-bond donors (Lipinski definition) is 1. The minimum atomic E-state index is -0.312. The molecule has 0 aliphatic rings. The Kier molecular flexibility index (Phi) is 6.13. The molecule has 1 aromatic carbocycles. The Balaban J connectivity index is 1.51. The molecule has 0 aliphatic carbocycles. The molecule has 0 radical (unpaired) electrons. The molecule has 134 valence electrons. The van der Waals surface area contributed by atoms with Crippen LogP contribution in [0.3, 0.4) is 0 Å². The van der Waals surface area contributed by atoms with Gasteiger partial charge >= 0.3 is 0 Å². The van der Waals surface area contributed by atoms with Crippen molar-refractivity contribution in [2.24, 2.45) is 0 Å². The molecule has 0 saturated carbocycles. The van der Waals surface area contributed by atoms with Crippen molar-refractivity contribution in [3.63, 3.8) is 0 Å². The van der Waals surface area contributed by atoms with E-state index in [1.165, 1.54) is 35.2 Å². The van der Waals surface area contributed by atoms with E-state index in [1.807, 2.05) is 0 Å². The van der Waals surface area contributed by atoms with Gasteiger partial charge in [0.25, 0.3) is 0 Å². The van der Waals surface area contributed by atoms with Gasteiger partial charge < -0.3 is 9.73 Å². The Morgan fingerprint density at radius 2 is 2.15 bits per heavy atom. The third-order valence-electron chi connectivity index (χ3n) is 3.23. The second kappa shape index (κ2) is 8.72. The zero-order chi connectivity index (χ0) is 18.4. The summed E-state index contributed by atoms with van der Waals surface area (Å²) >= 11 is 2.82. The molecular formula is C17H15FN4O2S2. The SMILES string of the molecule is C=CCSc1nnc(NC(=O)CCc2ncc(-c3ccc(F)cc3)o2)s1. The van der Waals surface area contributed by atoms with E-state index in [0.29, 0.717) is 23.2 Å². The van der Waals surface area contributed by atoms with Crippen molar-refractivity contribution in [2.75, 3.05) is 11.1 Å². The van der Waals surface area contributed by atoms with Gasteiger partial charge in [-0.05, 0) is 24.3 Å². The predicted octanol–water partition coefficient (Wildman–Crippen LogP) is 4.18. The van der Waals surface area contributed by atoms with Crippen LogP contribution in [0.5, 0.6) is 0 Å². The van der Waals surface area contributed by atoms with Gasteiger partial charge in [0.2, 0.25) is 11.0 Å². The van der Waals surface area contributed by atoms with Crippen LogP contribution in [0.1, 0.15) is 12.3 Å². The Morgan fingerprint density at radius 3 is 2.92 bits per heavy atom. The third-order valence-corrected chi connectivity index (χ3v) is 5.19. The molecule has 3 rings (SSSR count). The van der Waals surface area contributed by atoms with Crippen LogP contribution in [-0.4, -0.2) is 26.8 Å². The van der Waals surface area contributed by atoms with E-state index >= 15 is 0 Å². The quantitative estimate of drug-likeness (QED) is 0.353. The first-order chi connectivity index (χ1) is 12.6. The number of benzene rings is 1. The summed E-state index contributed by atoms with van der Waals surface area (Å²) in [4.78, 5) is 16.2. The lowest BCUT2D eigenvalue weighted by atomic mass is 10.2. The second-order valence-corrected chi connectivity index (χ2v) is 7.39. The summed E-state index contributed by atoms with van der Waals surface area (Å²) in [5.41, 5.74) is 0.730. The number of hydrogen-bond acceptors (Lipinski definition) is 7. The van der Waals surface area contributed by atoms with E-state index in [1.54, 1.807) is 24.4 Å². The lowest BCUT2D eigenvalue weighted by Gasteiger charge is -1.99. The van der Waals surface area contributed by atoms with Crippen molar-refractivity contribution >= 4 is 34.1 Å². The molecule has 0 atom stereocenters. The highest BCUT2D eigenvalue weighted by molar-refractivity contribution is 8.01. The molecule has 3 aromatic rings.